The molecule has 6 nitrogen and oxygen atoms in total. The molecular weight excluding hydrogens is 258 g/mol. The van der Waals surface area contributed by atoms with Gasteiger partial charge in [0.2, 0.25) is 0 Å². The Hall–Kier alpha value is -1.69. The standard InChI is InChI=1S/C11H12ClN3O3/c1-7-2-3-14(6-7)11(16)8-4-10(12)13-5-9(8)15(17)18/h4-5,7H,2-3,6H2,1H3. The van der Waals surface area contributed by atoms with Crippen molar-refractivity contribution in [2.24, 2.45) is 5.92 Å². The molecule has 7 heteroatoms. The second-order valence-electron chi connectivity index (χ2n) is 4.43. The van der Waals surface area contributed by atoms with E-state index in [9.17, 15) is 14.9 Å². The minimum atomic E-state index is -0.615. The number of nitro groups is 1. The highest BCUT2D eigenvalue weighted by molar-refractivity contribution is 6.29. The van der Waals surface area contributed by atoms with E-state index in [0.717, 1.165) is 12.6 Å². The number of hydrogen-bond acceptors (Lipinski definition) is 4. The Morgan fingerprint density at radius 2 is 2.39 bits per heavy atom. The number of pyridine rings is 1. The lowest BCUT2D eigenvalue weighted by molar-refractivity contribution is -0.385. The molecule has 0 N–H and O–H groups in total. The lowest BCUT2D eigenvalue weighted by Gasteiger charge is -2.15. The minimum absolute atomic E-state index is 0.00843. The first kappa shape index (κ1) is 12.8. The van der Waals surface area contributed by atoms with E-state index >= 15 is 0 Å². The lowest BCUT2D eigenvalue weighted by atomic mass is 10.2. The maximum atomic E-state index is 12.2. The first-order valence-electron chi connectivity index (χ1n) is 5.58. The van der Waals surface area contributed by atoms with Crippen molar-refractivity contribution in [1.82, 2.24) is 9.88 Å². The smallest absolute Gasteiger partial charge is 0.300 e. The molecule has 0 aromatic carbocycles. The maximum Gasteiger partial charge on any atom is 0.300 e. The van der Waals surface area contributed by atoms with E-state index in [1.54, 1.807) is 4.90 Å². The zero-order chi connectivity index (χ0) is 13.3. The van der Waals surface area contributed by atoms with E-state index in [4.69, 9.17) is 11.6 Å². The molecule has 96 valence electrons. The van der Waals surface area contributed by atoms with Crippen LogP contribution in [-0.2, 0) is 0 Å². The van der Waals surface area contributed by atoms with Crippen molar-refractivity contribution in [2.75, 3.05) is 13.1 Å². The summed E-state index contributed by atoms with van der Waals surface area (Å²) in [5.41, 5.74) is -0.293. The number of likely N-dealkylation sites (tertiary alicyclic amines) is 1. The molecule has 1 atom stereocenters. The summed E-state index contributed by atoms with van der Waals surface area (Å²) in [4.78, 5) is 27.7. The monoisotopic (exact) mass is 269 g/mol. The highest BCUT2D eigenvalue weighted by atomic mass is 35.5. The molecule has 1 aromatic rings. The maximum absolute atomic E-state index is 12.2. The zero-order valence-corrected chi connectivity index (χ0v) is 10.6. The number of carbonyl (C=O) groups is 1. The van der Waals surface area contributed by atoms with Crippen LogP contribution in [0.5, 0.6) is 0 Å². The molecule has 1 aliphatic heterocycles. The summed E-state index contributed by atoms with van der Waals surface area (Å²) in [5, 5.41) is 10.9. The fraction of sp³-hybridized carbons (Fsp3) is 0.455. The van der Waals surface area contributed by atoms with E-state index in [2.05, 4.69) is 4.98 Å². The Balaban J connectivity index is 2.34. The molecule has 0 spiro atoms. The number of carbonyl (C=O) groups excluding carboxylic acids is 1. The van der Waals surface area contributed by atoms with Gasteiger partial charge in [-0.3, -0.25) is 14.9 Å². The molecule has 0 saturated carbocycles. The van der Waals surface area contributed by atoms with Crippen LogP contribution in [0.2, 0.25) is 5.15 Å². The van der Waals surface area contributed by atoms with E-state index < -0.39 is 4.92 Å². The fourth-order valence-corrected chi connectivity index (χ4v) is 2.19. The zero-order valence-electron chi connectivity index (χ0n) is 9.80. The van der Waals surface area contributed by atoms with Gasteiger partial charge in [0.25, 0.3) is 11.6 Å². The molecule has 1 saturated heterocycles. The summed E-state index contributed by atoms with van der Waals surface area (Å²) in [6.07, 6.45) is 1.94. The van der Waals surface area contributed by atoms with E-state index in [1.807, 2.05) is 6.92 Å². The van der Waals surface area contributed by atoms with Crippen molar-refractivity contribution < 1.29 is 9.72 Å². The second-order valence-corrected chi connectivity index (χ2v) is 4.81. The SMILES string of the molecule is CC1CCN(C(=O)c2cc(Cl)ncc2[N+](=O)[O-])C1. The third-order valence-corrected chi connectivity index (χ3v) is 3.19. The van der Waals surface area contributed by atoms with Crippen LogP contribution in [0, 0.1) is 16.0 Å². The summed E-state index contributed by atoms with van der Waals surface area (Å²) in [6.45, 7) is 3.29. The van der Waals surface area contributed by atoms with Crippen molar-refractivity contribution in [3.63, 3.8) is 0 Å². The summed E-state index contributed by atoms with van der Waals surface area (Å²) in [5.74, 6) is 0.0701. The second kappa shape index (κ2) is 4.89. The van der Waals surface area contributed by atoms with Gasteiger partial charge >= 0.3 is 0 Å². The fourth-order valence-electron chi connectivity index (χ4n) is 2.03. The van der Waals surface area contributed by atoms with E-state index in [1.165, 1.54) is 6.07 Å². The van der Waals surface area contributed by atoms with E-state index in [-0.39, 0.29) is 22.3 Å². The van der Waals surface area contributed by atoms with Crippen LogP contribution in [0.1, 0.15) is 23.7 Å². The van der Waals surface area contributed by atoms with Crippen molar-refractivity contribution >= 4 is 23.2 Å². The predicted octanol–water partition coefficient (Wildman–Crippen LogP) is 2.13. The Labute approximate surface area is 109 Å². The number of amides is 1. The molecule has 0 aliphatic carbocycles. The van der Waals surface area contributed by atoms with Crippen LogP contribution in [0.4, 0.5) is 5.69 Å². The van der Waals surface area contributed by atoms with Crippen molar-refractivity contribution in [2.45, 2.75) is 13.3 Å². The van der Waals surface area contributed by atoms with Crippen LogP contribution < -0.4 is 0 Å². The normalized spacial score (nSPS) is 19.0. The molecule has 2 heterocycles. The molecule has 1 unspecified atom stereocenters. The quantitative estimate of drug-likeness (QED) is 0.468. The van der Waals surface area contributed by atoms with Crippen LogP contribution in [-0.4, -0.2) is 33.8 Å². The number of hydrogen-bond donors (Lipinski definition) is 0. The Kier molecular flexibility index (Phi) is 3.47. The average molecular weight is 270 g/mol. The molecule has 1 aromatic heterocycles. The first-order chi connectivity index (χ1) is 8.49. The van der Waals surface area contributed by atoms with Crippen LogP contribution >= 0.6 is 11.6 Å². The van der Waals surface area contributed by atoms with Gasteiger partial charge in [-0.05, 0) is 18.4 Å². The summed E-state index contributed by atoms with van der Waals surface area (Å²) in [6, 6.07) is 1.25. The van der Waals surface area contributed by atoms with Gasteiger partial charge in [0.1, 0.15) is 16.9 Å². The Bertz CT molecular complexity index is 506. The highest BCUT2D eigenvalue weighted by Gasteiger charge is 2.29. The molecule has 1 fully saturated rings. The van der Waals surface area contributed by atoms with Crippen molar-refractivity contribution in [1.29, 1.82) is 0 Å². The molecule has 1 aliphatic rings. The summed E-state index contributed by atoms with van der Waals surface area (Å²) < 4.78 is 0. The average Bonchev–Trinajstić information content (AvgIpc) is 2.74. The first-order valence-corrected chi connectivity index (χ1v) is 5.96. The molecule has 2 rings (SSSR count). The molecule has 0 bridgehead atoms. The van der Waals surface area contributed by atoms with Crippen molar-refractivity contribution in [3.8, 4) is 0 Å². The van der Waals surface area contributed by atoms with Gasteiger partial charge in [-0.15, -0.1) is 0 Å². The lowest BCUT2D eigenvalue weighted by Crippen LogP contribution is -2.29. The van der Waals surface area contributed by atoms with Gasteiger partial charge < -0.3 is 4.90 Å². The third-order valence-electron chi connectivity index (χ3n) is 2.99. The molecular formula is C11H12ClN3O3. The van der Waals surface area contributed by atoms with E-state index in [0.29, 0.717) is 19.0 Å². The predicted molar refractivity (Wildman–Crippen MR) is 65.6 cm³/mol. The van der Waals surface area contributed by atoms with Crippen LogP contribution in [0.15, 0.2) is 12.3 Å². The van der Waals surface area contributed by atoms with Gasteiger partial charge in [0.05, 0.1) is 4.92 Å². The molecule has 0 radical (unpaired) electrons. The van der Waals surface area contributed by atoms with Gasteiger partial charge in [-0.1, -0.05) is 18.5 Å². The number of halogens is 1. The van der Waals surface area contributed by atoms with Gasteiger partial charge in [-0.25, -0.2) is 4.98 Å². The largest absolute Gasteiger partial charge is 0.338 e. The van der Waals surface area contributed by atoms with Crippen LogP contribution in [0.25, 0.3) is 0 Å². The summed E-state index contributed by atoms with van der Waals surface area (Å²) in [7, 11) is 0. The molecule has 18 heavy (non-hydrogen) atoms. The van der Waals surface area contributed by atoms with Gasteiger partial charge in [0.15, 0.2) is 0 Å². The summed E-state index contributed by atoms with van der Waals surface area (Å²) >= 11 is 5.70. The van der Waals surface area contributed by atoms with Gasteiger partial charge in [0, 0.05) is 13.1 Å². The Morgan fingerprint density at radius 1 is 1.67 bits per heavy atom. The van der Waals surface area contributed by atoms with Gasteiger partial charge in [-0.2, -0.15) is 0 Å². The number of aromatic nitrogens is 1. The number of nitrogens with zero attached hydrogens (tertiary/aromatic N) is 3. The minimum Gasteiger partial charge on any atom is -0.338 e. The molecule has 1 amide bonds. The topological polar surface area (TPSA) is 76.3 Å². The van der Waals surface area contributed by atoms with Crippen molar-refractivity contribution in [3.05, 3.63) is 33.1 Å². The third kappa shape index (κ3) is 2.43. The number of rotatable bonds is 2. The highest BCUT2D eigenvalue weighted by Crippen LogP contribution is 2.25. The Morgan fingerprint density at radius 3 is 2.94 bits per heavy atom. The van der Waals surface area contributed by atoms with Crippen LogP contribution in [0.3, 0.4) is 0 Å².